The second kappa shape index (κ2) is 7.74. The molecule has 25 heavy (non-hydrogen) atoms. The Morgan fingerprint density at radius 3 is 2.44 bits per heavy atom. The van der Waals surface area contributed by atoms with E-state index >= 15 is 0 Å². The van der Waals surface area contributed by atoms with Crippen LogP contribution >= 0.6 is 0 Å². The molecule has 0 N–H and O–H groups in total. The molecule has 0 saturated carbocycles. The number of sulfonamides is 1. The van der Waals surface area contributed by atoms with Gasteiger partial charge in [0.15, 0.2) is 5.78 Å². The summed E-state index contributed by atoms with van der Waals surface area (Å²) in [7, 11) is -3.54. The molecule has 0 spiro atoms. The molecule has 6 heteroatoms. The van der Waals surface area contributed by atoms with Crippen molar-refractivity contribution in [3.8, 4) is 0 Å². The van der Waals surface area contributed by atoms with E-state index in [9.17, 15) is 13.2 Å². The van der Waals surface area contributed by atoms with E-state index in [2.05, 4.69) is 0 Å². The molecule has 0 aromatic heterocycles. The lowest BCUT2D eigenvalue weighted by Gasteiger charge is -2.26. The van der Waals surface area contributed by atoms with Gasteiger partial charge in [-0.15, -0.1) is 0 Å². The number of benzene rings is 2. The van der Waals surface area contributed by atoms with Crippen LogP contribution in [0.5, 0.6) is 0 Å². The SMILES string of the molecule is O=C(/C=C/c1cccc(S(=O)(=O)N2CCOCC2)c1)c1ccccc1. The Hall–Kier alpha value is -2.28. The Kier molecular flexibility index (Phi) is 5.43. The van der Waals surface area contributed by atoms with Crippen LogP contribution in [0.25, 0.3) is 6.08 Å². The lowest BCUT2D eigenvalue weighted by Crippen LogP contribution is -2.40. The lowest BCUT2D eigenvalue weighted by atomic mass is 10.1. The number of rotatable bonds is 5. The van der Waals surface area contributed by atoms with E-state index in [4.69, 9.17) is 4.74 Å². The largest absolute Gasteiger partial charge is 0.379 e. The highest BCUT2D eigenvalue weighted by Crippen LogP contribution is 2.19. The minimum Gasteiger partial charge on any atom is -0.379 e. The number of ketones is 1. The minimum atomic E-state index is -3.54. The zero-order valence-electron chi connectivity index (χ0n) is 13.7. The third kappa shape index (κ3) is 4.22. The summed E-state index contributed by atoms with van der Waals surface area (Å²) in [6.45, 7) is 1.53. The molecule has 1 aliphatic heterocycles. The molecule has 1 aliphatic rings. The van der Waals surface area contributed by atoms with Gasteiger partial charge in [0, 0.05) is 18.7 Å². The van der Waals surface area contributed by atoms with Crippen molar-refractivity contribution in [3.05, 3.63) is 71.8 Å². The van der Waals surface area contributed by atoms with Gasteiger partial charge in [-0.25, -0.2) is 8.42 Å². The highest BCUT2D eigenvalue weighted by atomic mass is 32.2. The zero-order valence-corrected chi connectivity index (χ0v) is 14.5. The molecule has 0 aliphatic carbocycles. The molecule has 5 nitrogen and oxygen atoms in total. The van der Waals surface area contributed by atoms with E-state index in [1.54, 1.807) is 54.6 Å². The van der Waals surface area contributed by atoms with E-state index in [0.717, 1.165) is 0 Å². The Morgan fingerprint density at radius 1 is 1.00 bits per heavy atom. The first-order valence-electron chi connectivity index (χ1n) is 8.03. The first-order chi connectivity index (χ1) is 12.1. The molecular formula is C19H19NO4S. The van der Waals surface area contributed by atoms with Crippen LogP contribution in [0.15, 0.2) is 65.6 Å². The monoisotopic (exact) mass is 357 g/mol. The summed E-state index contributed by atoms with van der Waals surface area (Å²) in [4.78, 5) is 12.3. The molecule has 0 unspecified atom stereocenters. The van der Waals surface area contributed by atoms with Crippen LogP contribution in [0.3, 0.4) is 0 Å². The maximum Gasteiger partial charge on any atom is 0.243 e. The van der Waals surface area contributed by atoms with E-state index in [0.29, 0.717) is 37.4 Å². The number of hydrogen-bond donors (Lipinski definition) is 0. The van der Waals surface area contributed by atoms with Gasteiger partial charge in [-0.1, -0.05) is 48.5 Å². The highest BCUT2D eigenvalue weighted by Gasteiger charge is 2.26. The Bertz CT molecular complexity index is 869. The second-order valence-corrected chi connectivity index (χ2v) is 7.59. The minimum absolute atomic E-state index is 0.123. The van der Waals surface area contributed by atoms with Crippen LogP contribution in [-0.4, -0.2) is 44.8 Å². The van der Waals surface area contributed by atoms with Crippen LogP contribution in [0.2, 0.25) is 0 Å². The maximum atomic E-state index is 12.7. The van der Waals surface area contributed by atoms with Crippen molar-refractivity contribution in [2.45, 2.75) is 4.90 Å². The molecule has 1 heterocycles. The van der Waals surface area contributed by atoms with Crippen molar-refractivity contribution in [1.82, 2.24) is 4.31 Å². The smallest absolute Gasteiger partial charge is 0.243 e. The van der Waals surface area contributed by atoms with Gasteiger partial charge in [-0.3, -0.25) is 4.79 Å². The number of allylic oxidation sites excluding steroid dienone is 1. The van der Waals surface area contributed by atoms with Crippen molar-refractivity contribution < 1.29 is 17.9 Å². The number of morpholine rings is 1. The Morgan fingerprint density at radius 2 is 1.72 bits per heavy atom. The molecule has 3 rings (SSSR count). The summed E-state index contributed by atoms with van der Waals surface area (Å²) in [6, 6.07) is 15.5. The van der Waals surface area contributed by atoms with Crippen molar-refractivity contribution in [3.63, 3.8) is 0 Å². The van der Waals surface area contributed by atoms with Gasteiger partial charge in [-0.05, 0) is 23.8 Å². The second-order valence-electron chi connectivity index (χ2n) is 5.65. The summed E-state index contributed by atoms with van der Waals surface area (Å²) < 4.78 is 32.0. The van der Waals surface area contributed by atoms with Crippen molar-refractivity contribution in [1.29, 1.82) is 0 Å². The van der Waals surface area contributed by atoms with Crippen molar-refractivity contribution in [2.24, 2.45) is 0 Å². The number of ether oxygens (including phenoxy) is 1. The van der Waals surface area contributed by atoms with Crippen LogP contribution in [0, 0.1) is 0 Å². The zero-order chi connectivity index (χ0) is 17.7. The highest BCUT2D eigenvalue weighted by molar-refractivity contribution is 7.89. The van der Waals surface area contributed by atoms with E-state index in [1.165, 1.54) is 10.4 Å². The van der Waals surface area contributed by atoms with Gasteiger partial charge in [0.1, 0.15) is 0 Å². The van der Waals surface area contributed by atoms with Gasteiger partial charge in [0.05, 0.1) is 18.1 Å². The van der Waals surface area contributed by atoms with Crippen LogP contribution < -0.4 is 0 Å². The van der Waals surface area contributed by atoms with Gasteiger partial charge >= 0.3 is 0 Å². The normalized spacial score (nSPS) is 16.2. The van der Waals surface area contributed by atoms with Crippen LogP contribution in [-0.2, 0) is 14.8 Å². The first kappa shape index (κ1) is 17.5. The summed E-state index contributed by atoms with van der Waals surface area (Å²) in [6.07, 6.45) is 3.09. The fraction of sp³-hybridized carbons (Fsp3) is 0.211. The summed E-state index contributed by atoms with van der Waals surface area (Å²) in [5.41, 5.74) is 1.26. The molecule has 2 aromatic rings. The van der Waals surface area contributed by atoms with Crippen molar-refractivity contribution in [2.75, 3.05) is 26.3 Å². The van der Waals surface area contributed by atoms with Crippen LogP contribution in [0.1, 0.15) is 15.9 Å². The molecule has 0 radical (unpaired) electrons. The third-order valence-electron chi connectivity index (χ3n) is 3.95. The molecule has 1 saturated heterocycles. The van der Waals surface area contributed by atoms with E-state index < -0.39 is 10.0 Å². The third-order valence-corrected chi connectivity index (χ3v) is 5.85. The molecule has 130 valence electrons. The first-order valence-corrected chi connectivity index (χ1v) is 9.47. The predicted molar refractivity (Wildman–Crippen MR) is 95.8 cm³/mol. The van der Waals surface area contributed by atoms with Gasteiger partial charge in [-0.2, -0.15) is 4.31 Å². The topological polar surface area (TPSA) is 63.7 Å². The fourth-order valence-electron chi connectivity index (χ4n) is 2.59. The molecule has 0 atom stereocenters. The van der Waals surface area contributed by atoms with Crippen LogP contribution in [0.4, 0.5) is 0 Å². The average molecular weight is 357 g/mol. The molecule has 1 fully saturated rings. The Balaban J connectivity index is 1.79. The van der Waals surface area contributed by atoms with E-state index in [-0.39, 0.29) is 10.7 Å². The number of nitrogens with zero attached hydrogens (tertiary/aromatic N) is 1. The fourth-order valence-corrected chi connectivity index (χ4v) is 4.05. The standard InChI is InChI=1S/C19H19NO4S/c21-19(17-6-2-1-3-7-17)10-9-16-5-4-8-18(15-16)25(22,23)20-11-13-24-14-12-20/h1-10,15H,11-14H2/b10-9+. The number of hydrogen-bond acceptors (Lipinski definition) is 4. The molecular weight excluding hydrogens is 338 g/mol. The van der Waals surface area contributed by atoms with Gasteiger partial charge < -0.3 is 4.74 Å². The molecule has 2 aromatic carbocycles. The Labute approximate surface area is 147 Å². The summed E-state index contributed by atoms with van der Waals surface area (Å²) in [5, 5.41) is 0. The number of carbonyl (C=O) groups excluding carboxylic acids is 1. The van der Waals surface area contributed by atoms with Crippen molar-refractivity contribution >= 4 is 21.9 Å². The van der Waals surface area contributed by atoms with Gasteiger partial charge in [0.25, 0.3) is 0 Å². The molecule has 0 bridgehead atoms. The van der Waals surface area contributed by atoms with E-state index in [1.807, 2.05) is 6.07 Å². The molecule has 0 amide bonds. The lowest BCUT2D eigenvalue weighted by molar-refractivity contribution is 0.0730. The number of carbonyl (C=O) groups is 1. The summed E-state index contributed by atoms with van der Waals surface area (Å²) in [5.74, 6) is -0.123. The average Bonchev–Trinajstić information content (AvgIpc) is 2.67. The maximum absolute atomic E-state index is 12.7. The quantitative estimate of drug-likeness (QED) is 0.609. The van der Waals surface area contributed by atoms with Gasteiger partial charge in [0.2, 0.25) is 10.0 Å². The summed E-state index contributed by atoms with van der Waals surface area (Å²) >= 11 is 0. The predicted octanol–water partition coefficient (Wildman–Crippen LogP) is 2.60.